The molecule has 0 radical (unpaired) electrons. The van der Waals surface area contributed by atoms with Crippen LogP contribution in [0.4, 0.5) is 5.69 Å². The van der Waals surface area contributed by atoms with E-state index in [0.29, 0.717) is 23.0 Å². The number of pyridine rings is 1. The number of aryl methyl sites for hydroxylation is 1. The van der Waals surface area contributed by atoms with E-state index in [1.807, 2.05) is 6.92 Å². The van der Waals surface area contributed by atoms with E-state index in [4.69, 9.17) is 16.3 Å². The van der Waals surface area contributed by atoms with E-state index in [0.717, 1.165) is 11.1 Å². The second kappa shape index (κ2) is 8.19. The lowest BCUT2D eigenvalue weighted by molar-refractivity contribution is -0.138. The molecule has 2 aromatic rings. The Morgan fingerprint density at radius 3 is 2.46 bits per heavy atom. The van der Waals surface area contributed by atoms with Crippen LogP contribution in [-0.2, 0) is 16.1 Å². The zero-order chi connectivity index (χ0) is 19.3. The van der Waals surface area contributed by atoms with Crippen LogP contribution in [-0.4, -0.2) is 23.9 Å². The maximum absolute atomic E-state index is 12.7. The van der Waals surface area contributed by atoms with Gasteiger partial charge in [0.2, 0.25) is 11.8 Å². The number of carbonyl (C=O) groups is 2. The number of aromatic nitrogens is 1. The molecule has 2 amide bonds. The van der Waals surface area contributed by atoms with Gasteiger partial charge in [-0.25, -0.2) is 0 Å². The summed E-state index contributed by atoms with van der Waals surface area (Å²) in [5, 5.41) is 6.07. The summed E-state index contributed by atoms with van der Waals surface area (Å²) in [6.45, 7) is 5.28. The van der Waals surface area contributed by atoms with Crippen molar-refractivity contribution in [1.82, 2.24) is 10.3 Å². The fourth-order valence-corrected chi connectivity index (χ4v) is 2.37. The smallest absolute Gasteiger partial charge is 0.239 e. The summed E-state index contributed by atoms with van der Waals surface area (Å²) in [4.78, 5) is 29.1. The monoisotopic (exact) mass is 375 g/mol. The third-order valence-electron chi connectivity index (χ3n) is 4.07. The van der Waals surface area contributed by atoms with E-state index in [2.05, 4.69) is 15.6 Å². The SMILES string of the molecule is COc1cc(Cl)c(C)cc1NC(=O)C(C)(C)C(=O)NCc1ccncc1. The summed E-state index contributed by atoms with van der Waals surface area (Å²) in [7, 11) is 1.49. The van der Waals surface area contributed by atoms with Gasteiger partial charge >= 0.3 is 0 Å². The van der Waals surface area contributed by atoms with Crippen molar-refractivity contribution in [2.45, 2.75) is 27.3 Å². The average Bonchev–Trinajstić information content (AvgIpc) is 2.63. The van der Waals surface area contributed by atoms with Gasteiger partial charge in [-0.05, 0) is 50.1 Å². The van der Waals surface area contributed by atoms with E-state index in [1.54, 1.807) is 50.5 Å². The number of benzene rings is 1. The highest BCUT2D eigenvalue weighted by Gasteiger charge is 2.36. The molecule has 7 heteroatoms. The first-order valence-corrected chi connectivity index (χ1v) is 8.46. The number of carbonyl (C=O) groups excluding carboxylic acids is 2. The van der Waals surface area contributed by atoms with Crippen LogP contribution in [0, 0.1) is 12.3 Å². The number of methoxy groups -OCH3 is 1. The van der Waals surface area contributed by atoms with Crippen LogP contribution in [0.2, 0.25) is 5.02 Å². The number of amides is 2. The molecule has 0 saturated heterocycles. The van der Waals surface area contributed by atoms with Crippen LogP contribution in [0.1, 0.15) is 25.0 Å². The molecular weight excluding hydrogens is 354 g/mol. The third-order valence-corrected chi connectivity index (χ3v) is 4.47. The summed E-state index contributed by atoms with van der Waals surface area (Å²) < 4.78 is 5.25. The molecule has 0 saturated carbocycles. The van der Waals surface area contributed by atoms with Gasteiger partial charge in [-0.3, -0.25) is 14.6 Å². The molecule has 0 aliphatic heterocycles. The summed E-state index contributed by atoms with van der Waals surface area (Å²) in [6, 6.07) is 6.94. The maximum Gasteiger partial charge on any atom is 0.239 e. The lowest BCUT2D eigenvalue weighted by Crippen LogP contribution is -2.44. The van der Waals surface area contributed by atoms with E-state index >= 15 is 0 Å². The molecule has 1 aromatic heterocycles. The van der Waals surface area contributed by atoms with E-state index in [-0.39, 0.29) is 5.91 Å². The van der Waals surface area contributed by atoms with Crippen molar-refractivity contribution in [3.8, 4) is 5.75 Å². The molecular formula is C19H22ClN3O3. The number of hydrogen-bond donors (Lipinski definition) is 2. The Morgan fingerprint density at radius 2 is 1.85 bits per heavy atom. The predicted octanol–water partition coefficient (Wildman–Crippen LogP) is 3.33. The normalized spacial score (nSPS) is 11.0. The molecule has 0 fully saturated rings. The second-order valence-corrected chi connectivity index (χ2v) is 6.83. The molecule has 0 aliphatic rings. The molecule has 2 N–H and O–H groups in total. The van der Waals surface area contributed by atoms with Crippen LogP contribution in [0.3, 0.4) is 0 Å². The van der Waals surface area contributed by atoms with Gasteiger partial charge in [-0.2, -0.15) is 0 Å². The minimum Gasteiger partial charge on any atom is -0.495 e. The lowest BCUT2D eigenvalue weighted by atomic mass is 9.90. The zero-order valence-corrected chi connectivity index (χ0v) is 16.0. The van der Waals surface area contributed by atoms with Crippen LogP contribution in [0.25, 0.3) is 0 Å². The Hall–Kier alpha value is -2.60. The molecule has 1 aromatic carbocycles. The van der Waals surface area contributed by atoms with Gasteiger partial charge < -0.3 is 15.4 Å². The highest BCUT2D eigenvalue weighted by molar-refractivity contribution is 6.31. The predicted molar refractivity (Wildman–Crippen MR) is 101 cm³/mol. The highest BCUT2D eigenvalue weighted by Crippen LogP contribution is 2.32. The van der Waals surface area contributed by atoms with Crippen molar-refractivity contribution >= 4 is 29.1 Å². The van der Waals surface area contributed by atoms with Gasteiger partial charge in [0.25, 0.3) is 0 Å². The second-order valence-electron chi connectivity index (χ2n) is 6.42. The topological polar surface area (TPSA) is 80.3 Å². The van der Waals surface area contributed by atoms with Crippen LogP contribution >= 0.6 is 11.6 Å². The molecule has 26 heavy (non-hydrogen) atoms. The maximum atomic E-state index is 12.7. The Balaban J connectivity index is 2.09. The number of nitrogens with zero attached hydrogens (tertiary/aromatic N) is 1. The molecule has 2 rings (SSSR count). The Bertz CT molecular complexity index is 807. The summed E-state index contributed by atoms with van der Waals surface area (Å²) in [5.74, 6) is -0.386. The summed E-state index contributed by atoms with van der Waals surface area (Å²) in [5.41, 5.74) is 0.891. The number of anilines is 1. The van der Waals surface area contributed by atoms with Crippen molar-refractivity contribution in [2.75, 3.05) is 12.4 Å². The van der Waals surface area contributed by atoms with Gasteiger partial charge in [0.05, 0.1) is 12.8 Å². The van der Waals surface area contributed by atoms with Crippen LogP contribution in [0.5, 0.6) is 5.75 Å². The first-order valence-electron chi connectivity index (χ1n) is 8.08. The molecule has 0 unspecified atom stereocenters. The van der Waals surface area contributed by atoms with Crippen molar-refractivity contribution in [2.24, 2.45) is 5.41 Å². The van der Waals surface area contributed by atoms with E-state index < -0.39 is 11.3 Å². The first-order chi connectivity index (χ1) is 12.3. The van der Waals surface area contributed by atoms with Gasteiger partial charge in [-0.15, -0.1) is 0 Å². The van der Waals surface area contributed by atoms with Crippen molar-refractivity contribution in [3.05, 3.63) is 52.8 Å². The van der Waals surface area contributed by atoms with Gasteiger partial charge in [-0.1, -0.05) is 11.6 Å². The van der Waals surface area contributed by atoms with E-state index in [1.165, 1.54) is 7.11 Å². The molecule has 138 valence electrons. The van der Waals surface area contributed by atoms with Gasteiger partial charge in [0.1, 0.15) is 11.2 Å². The number of rotatable bonds is 6. The first kappa shape index (κ1) is 19.7. The summed E-state index contributed by atoms with van der Waals surface area (Å²) in [6.07, 6.45) is 3.29. The Morgan fingerprint density at radius 1 is 1.19 bits per heavy atom. The molecule has 1 heterocycles. The molecule has 6 nitrogen and oxygen atoms in total. The fourth-order valence-electron chi connectivity index (χ4n) is 2.22. The van der Waals surface area contributed by atoms with Crippen LogP contribution in [0.15, 0.2) is 36.7 Å². The standard InChI is InChI=1S/C19H22ClN3O3/c1-12-9-15(16(26-4)10-14(12)20)23-18(25)19(2,3)17(24)22-11-13-5-7-21-8-6-13/h5-10H,11H2,1-4H3,(H,22,24)(H,23,25). The zero-order valence-electron chi connectivity index (χ0n) is 15.2. The third kappa shape index (κ3) is 4.52. The fraction of sp³-hybridized carbons (Fsp3) is 0.316. The van der Waals surface area contributed by atoms with Crippen molar-refractivity contribution in [1.29, 1.82) is 0 Å². The number of halogens is 1. The molecule has 0 atom stereocenters. The Kier molecular flexibility index (Phi) is 6.21. The summed E-state index contributed by atoms with van der Waals surface area (Å²) >= 11 is 6.08. The van der Waals surface area contributed by atoms with Gasteiger partial charge in [0.15, 0.2) is 0 Å². The largest absolute Gasteiger partial charge is 0.495 e. The van der Waals surface area contributed by atoms with Crippen molar-refractivity contribution in [3.63, 3.8) is 0 Å². The number of ether oxygens (including phenoxy) is 1. The number of nitrogens with one attached hydrogen (secondary N) is 2. The number of hydrogen-bond acceptors (Lipinski definition) is 4. The quantitative estimate of drug-likeness (QED) is 0.759. The highest BCUT2D eigenvalue weighted by atomic mass is 35.5. The molecule has 0 aliphatic carbocycles. The molecule has 0 bridgehead atoms. The molecule has 0 spiro atoms. The minimum atomic E-state index is -1.27. The Labute approximate surface area is 157 Å². The van der Waals surface area contributed by atoms with Gasteiger partial charge in [0, 0.05) is 30.0 Å². The van der Waals surface area contributed by atoms with Crippen LogP contribution < -0.4 is 15.4 Å². The minimum absolute atomic E-state index is 0.321. The average molecular weight is 376 g/mol. The van der Waals surface area contributed by atoms with E-state index in [9.17, 15) is 9.59 Å². The van der Waals surface area contributed by atoms with Crippen molar-refractivity contribution < 1.29 is 14.3 Å². The lowest BCUT2D eigenvalue weighted by Gasteiger charge is -2.23.